The Morgan fingerprint density at radius 2 is 1.87 bits per heavy atom. The van der Waals surface area contributed by atoms with E-state index >= 15 is 0 Å². The van der Waals surface area contributed by atoms with Crippen molar-refractivity contribution in [2.24, 2.45) is 5.92 Å². The maximum atomic E-state index is 9.27. The lowest BCUT2D eigenvalue weighted by Gasteiger charge is -2.34. The molecule has 3 heterocycles. The molecule has 1 N–H and O–H groups in total. The third kappa shape index (κ3) is 4.02. The summed E-state index contributed by atoms with van der Waals surface area (Å²) in [7, 11) is 0. The van der Waals surface area contributed by atoms with Crippen molar-refractivity contribution in [3.05, 3.63) is 51.8 Å². The molecule has 0 aliphatic carbocycles. The highest BCUT2D eigenvalue weighted by molar-refractivity contribution is 9.10. The maximum Gasteiger partial charge on any atom is 0.147 e. The van der Waals surface area contributed by atoms with Crippen LogP contribution < -0.4 is 4.90 Å². The van der Waals surface area contributed by atoms with Gasteiger partial charge >= 0.3 is 0 Å². The van der Waals surface area contributed by atoms with Gasteiger partial charge in [-0.25, -0.2) is 4.98 Å². The van der Waals surface area contributed by atoms with Crippen molar-refractivity contribution in [1.82, 2.24) is 9.55 Å². The number of aromatic nitrogens is 2. The standard InChI is InChI=1S/C25H32BrN3O/c1-16(2)20-5-6-22(21(26)14-20)29-15-17(3)24-23(13-18(4)27-25(24)29)28-10-7-19(8-11-28)9-12-30/h5-6,13-16,19,30H,7-12H2,1-4H3. The Morgan fingerprint density at radius 1 is 1.13 bits per heavy atom. The van der Waals surface area contributed by atoms with E-state index in [2.05, 4.69) is 83.6 Å². The van der Waals surface area contributed by atoms with Crippen LogP contribution in [-0.2, 0) is 0 Å². The monoisotopic (exact) mass is 469 g/mol. The Balaban J connectivity index is 1.77. The number of hydrogen-bond acceptors (Lipinski definition) is 3. The highest BCUT2D eigenvalue weighted by Gasteiger charge is 2.23. The molecule has 0 spiro atoms. The average molecular weight is 470 g/mol. The summed E-state index contributed by atoms with van der Waals surface area (Å²) >= 11 is 3.80. The second kappa shape index (κ2) is 8.72. The van der Waals surface area contributed by atoms with Crippen LogP contribution in [0.2, 0.25) is 0 Å². The fourth-order valence-electron chi connectivity index (χ4n) is 4.67. The van der Waals surface area contributed by atoms with Crippen molar-refractivity contribution in [2.45, 2.75) is 52.9 Å². The number of fused-ring (bicyclic) bond motifs is 1. The quantitative estimate of drug-likeness (QED) is 0.488. The first-order valence-corrected chi connectivity index (χ1v) is 11.8. The molecule has 3 aromatic rings. The highest BCUT2D eigenvalue weighted by Crippen LogP contribution is 2.36. The lowest BCUT2D eigenvalue weighted by atomic mass is 9.93. The number of benzene rings is 1. The number of anilines is 1. The van der Waals surface area contributed by atoms with Gasteiger partial charge < -0.3 is 10.0 Å². The van der Waals surface area contributed by atoms with Gasteiger partial charge in [0.25, 0.3) is 0 Å². The molecular weight excluding hydrogens is 438 g/mol. The van der Waals surface area contributed by atoms with Crippen LogP contribution in [0.4, 0.5) is 5.69 Å². The number of piperidine rings is 1. The third-order valence-corrected chi connectivity index (χ3v) is 7.08. The van der Waals surface area contributed by atoms with Gasteiger partial charge in [0.1, 0.15) is 5.65 Å². The van der Waals surface area contributed by atoms with E-state index in [-0.39, 0.29) is 0 Å². The first kappa shape index (κ1) is 21.4. The Hall–Kier alpha value is -1.85. The zero-order chi connectivity index (χ0) is 21.4. The van der Waals surface area contributed by atoms with Crippen LogP contribution in [0, 0.1) is 19.8 Å². The fourth-order valence-corrected chi connectivity index (χ4v) is 5.26. The smallest absolute Gasteiger partial charge is 0.147 e. The van der Waals surface area contributed by atoms with Crippen molar-refractivity contribution in [3.8, 4) is 5.69 Å². The number of hydrogen-bond donors (Lipinski definition) is 1. The van der Waals surface area contributed by atoms with Crippen LogP contribution in [-0.4, -0.2) is 34.4 Å². The van der Waals surface area contributed by atoms with Crippen molar-refractivity contribution in [3.63, 3.8) is 0 Å². The first-order valence-electron chi connectivity index (χ1n) is 11.0. The van der Waals surface area contributed by atoms with E-state index in [4.69, 9.17) is 4.98 Å². The molecular formula is C25H32BrN3O. The molecule has 1 saturated heterocycles. The summed E-state index contributed by atoms with van der Waals surface area (Å²) in [4.78, 5) is 7.47. The van der Waals surface area contributed by atoms with E-state index in [1.807, 2.05) is 0 Å². The Labute approximate surface area is 188 Å². The minimum absolute atomic E-state index is 0.301. The van der Waals surface area contributed by atoms with E-state index in [0.717, 1.165) is 53.9 Å². The van der Waals surface area contributed by atoms with Crippen LogP contribution in [0.1, 0.15) is 55.8 Å². The molecule has 2 aromatic heterocycles. The summed E-state index contributed by atoms with van der Waals surface area (Å²) in [6.07, 6.45) is 5.43. The number of aliphatic hydroxyl groups excluding tert-OH is 1. The van der Waals surface area contributed by atoms with Gasteiger partial charge in [0.05, 0.1) is 5.69 Å². The van der Waals surface area contributed by atoms with E-state index in [1.165, 1.54) is 22.2 Å². The number of rotatable bonds is 5. The molecule has 0 saturated carbocycles. The van der Waals surface area contributed by atoms with E-state index in [9.17, 15) is 5.11 Å². The minimum atomic E-state index is 0.301. The van der Waals surface area contributed by atoms with Crippen molar-refractivity contribution in [1.29, 1.82) is 0 Å². The van der Waals surface area contributed by atoms with Crippen molar-refractivity contribution in [2.75, 3.05) is 24.6 Å². The molecule has 30 heavy (non-hydrogen) atoms. The lowest BCUT2D eigenvalue weighted by molar-refractivity contribution is 0.240. The number of nitrogens with zero attached hydrogens (tertiary/aromatic N) is 3. The molecule has 1 aliphatic heterocycles. The third-order valence-electron chi connectivity index (χ3n) is 6.44. The molecule has 0 unspecified atom stereocenters. The van der Waals surface area contributed by atoms with Crippen LogP contribution >= 0.6 is 15.9 Å². The average Bonchev–Trinajstić information content (AvgIpc) is 3.04. The van der Waals surface area contributed by atoms with Gasteiger partial charge in [-0.3, -0.25) is 4.57 Å². The van der Waals surface area contributed by atoms with E-state index < -0.39 is 0 Å². The van der Waals surface area contributed by atoms with Gasteiger partial charge in [-0.1, -0.05) is 19.9 Å². The Kier molecular flexibility index (Phi) is 6.21. The van der Waals surface area contributed by atoms with Gasteiger partial charge in [0.15, 0.2) is 0 Å². The highest BCUT2D eigenvalue weighted by atomic mass is 79.9. The van der Waals surface area contributed by atoms with Crippen LogP contribution in [0.5, 0.6) is 0 Å². The summed E-state index contributed by atoms with van der Waals surface area (Å²) < 4.78 is 3.33. The van der Waals surface area contributed by atoms with Gasteiger partial charge in [0.2, 0.25) is 0 Å². The first-order chi connectivity index (χ1) is 14.4. The largest absolute Gasteiger partial charge is 0.396 e. The summed E-state index contributed by atoms with van der Waals surface area (Å²) in [6.45, 7) is 11.1. The zero-order valence-corrected chi connectivity index (χ0v) is 20.0. The number of halogens is 1. The van der Waals surface area contributed by atoms with Gasteiger partial charge in [-0.05, 0) is 90.2 Å². The lowest BCUT2D eigenvalue weighted by Crippen LogP contribution is -2.34. The molecule has 1 aliphatic rings. The molecule has 5 heteroatoms. The molecule has 0 amide bonds. The number of aliphatic hydroxyl groups is 1. The minimum Gasteiger partial charge on any atom is -0.396 e. The molecule has 1 aromatic carbocycles. The molecule has 1 fully saturated rings. The molecule has 0 radical (unpaired) electrons. The second-order valence-corrected chi connectivity index (χ2v) is 9.83. The molecule has 160 valence electrons. The van der Waals surface area contributed by atoms with Gasteiger partial charge in [-0.15, -0.1) is 0 Å². The zero-order valence-electron chi connectivity index (χ0n) is 18.5. The number of aryl methyl sites for hydroxylation is 2. The maximum absolute atomic E-state index is 9.27. The van der Waals surface area contributed by atoms with Crippen LogP contribution in [0.3, 0.4) is 0 Å². The van der Waals surface area contributed by atoms with Crippen LogP contribution in [0.25, 0.3) is 16.7 Å². The van der Waals surface area contributed by atoms with E-state index in [0.29, 0.717) is 18.4 Å². The van der Waals surface area contributed by atoms with Crippen LogP contribution in [0.15, 0.2) is 34.9 Å². The summed E-state index contributed by atoms with van der Waals surface area (Å²) in [5.41, 5.74) is 7.08. The Bertz CT molecular complexity index is 1050. The molecule has 0 atom stereocenters. The Morgan fingerprint density at radius 3 is 2.50 bits per heavy atom. The predicted octanol–water partition coefficient (Wildman–Crippen LogP) is 6.13. The molecule has 4 nitrogen and oxygen atoms in total. The normalized spacial score (nSPS) is 15.5. The fraction of sp³-hybridized carbons (Fsp3) is 0.480. The topological polar surface area (TPSA) is 41.3 Å². The van der Waals surface area contributed by atoms with Crippen molar-refractivity contribution < 1.29 is 5.11 Å². The summed E-state index contributed by atoms with van der Waals surface area (Å²) in [6, 6.07) is 8.88. The van der Waals surface area contributed by atoms with Crippen molar-refractivity contribution >= 4 is 32.7 Å². The predicted molar refractivity (Wildman–Crippen MR) is 129 cm³/mol. The summed E-state index contributed by atoms with van der Waals surface area (Å²) in [5, 5.41) is 10.5. The molecule has 4 rings (SSSR count). The van der Waals surface area contributed by atoms with E-state index in [1.54, 1.807) is 0 Å². The summed E-state index contributed by atoms with van der Waals surface area (Å²) in [5.74, 6) is 1.14. The number of pyridine rings is 1. The van der Waals surface area contributed by atoms with Gasteiger partial charge in [0, 0.05) is 47.1 Å². The SMILES string of the molecule is Cc1cc(N2CCC(CCO)CC2)c2c(C)cn(-c3ccc(C(C)C)cc3Br)c2n1. The molecule has 0 bridgehead atoms. The second-order valence-electron chi connectivity index (χ2n) is 8.97. The van der Waals surface area contributed by atoms with Gasteiger partial charge in [-0.2, -0.15) is 0 Å².